The summed E-state index contributed by atoms with van der Waals surface area (Å²) in [7, 11) is 3.30. The number of carbonyl (C=O) groups excluding carboxylic acids is 1. The minimum absolute atomic E-state index is 0.119. The van der Waals surface area contributed by atoms with Crippen molar-refractivity contribution in [3.8, 4) is 5.75 Å². The molecule has 1 aromatic heterocycles. The van der Waals surface area contributed by atoms with Crippen molar-refractivity contribution in [1.29, 1.82) is 0 Å². The highest BCUT2D eigenvalue weighted by Crippen LogP contribution is 2.22. The lowest BCUT2D eigenvalue weighted by atomic mass is 10.1. The van der Waals surface area contributed by atoms with Gasteiger partial charge in [0.15, 0.2) is 5.16 Å². The Morgan fingerprint density at radius 1 is 1.10 bits per heavy atom. The van der Waals surface area contributed by atoms with Gasteiger partial charge in [-0.15, -0.1) is 0 Å². The fourth-order valence-corrected chi connectivity index (χ4v) is 3.99. The number of amides is 1. The zero-order valence-corrected chi connectivity index (χ0v) is 17.5. The normalized spacial score (nSPS) is 11.0. The van der Waals surface area contributed by atoms with Crippen molar-refractivity contribution in [1.82, 2.24) is 14.9 Å². The molecule has 4 rings (SSSR count). The van der Waals surface area contributed by atoms with E-state index in [4.69, 9.17) is 4.74 Å². The van der Waals surface area contributed by atoms with Crippen LogP contribution in [-0.2, 0) is 18.4 Å². The molecule has 152 valence electrons. The van der Waals surface area contributed by atoms with E-state index in [1.165, 1.54) is 16.3 Å². The summed E-state index contributed by atoms with van der Waals surface area (Å²) in [4.78, 5) is 29.7. The van der Waals surface area contributed by atoms with Crippen molar-refractivity contribution in [3.05, 3.63) is 76.6 Å². The molecule has 1 N–H and O–H groups in total. The van der Waals surface area contributed by atoms with Crippen LogP contribution in [0.5, 0.6) is 5.75 Å². The fraction of sp³-hybridized carbons (Fsp3) is 0.174. The number of nitrogens with one attached hydrogen (secondary N) is 1. The maximum absolute atomic E-state index is 12.8. The molecule has 0 saturated heterocycles. The lowest BCUT2D eigenvalue weighted by Gasteiger charge is -2.10. The van der Waals surface area contributed by atoms with Gasteiger partial charge in [0.25, 0.3) is 5.56 Å². The van der Waals surface area contributed by atoms with E-state index in [0.29, 0.717) is 22.6 Å². The maximum atomic E-state index is 12.8. The Balaban J connectivity index is 1.47. The maximum Gasteiger partial charge on any atom is 0.261 e. The SMILES string of the molecule is COc1ccc(CNC(=O)CSc2nc3cc4ccccc4cc3c(=O)n2C)cc1. The second-order valence-corrected chi connectivity index (χ2v) is 7.83. The van der Waals surface area contributed by atoms with E-state index in [1.807, 2.05) is 60.7 Å². The first kappa shape index (κ1) is 20.0. The predicted octanol–water partition coefficient (Wildman–Crippen LogP) is 3.50. The number of hydrogen-bond acceptors (Lipinski definition) is 5. The van der Waals surface area contributed by atoms with Crippen LogP contribution in [0.25, 0.3) is 21.7 Å². The van der Waals surface area contributed by atoms with Gasteiger partial charge >= 0.3 is 0 Å². The van der Waals surface area contributed by atoms with Crippen LogP contribution < -0.4 is 15.6 Å². The average molecular weight is 420 g/mol. The second-order valence-electron chi connectivity index (χ2n) is 6.89. The highest BCUT2D eigenvalue weighted by Gasteiger charge is 2.12. The number of hydrogen-bond donors (Lipinski definition) is 1. The molecule has 0 bridgehead atoms. The van der Waals surface area contributed by atoms with E-state index >= 15 is 0 Å². The van der Waals surface area contributed by atoms with E-state index < -0.39 is 0 Å². The molecule has 4 aromatic rings. The standard InChI is InChI=1S/C23H21N3O3S/c1-26-22(28)19-11-16-5-3-4-6-17(16)12-20(19)25-23(26)30-14-21(27)24-13-15-7-9-18(29-2)10-8-15/h3-12H,13-14H2,1-2H3,(H,24,27). The third-order valence-corrected chi connectivity index (χ3v) is 5.91. The molecule has 7 heteroatoms. The Kier molecular flexibility index (Phi) is 5.72. The third kappa shape index (κ3) is 4.16. The van der Waals surface area contributed by atoms with Crippen molar-refractivity contribution in [3.63, 3.8) is 0 Å². The van der Waals surface area contributed by atoms with Gasteiger partial charge < -0.3 is 10.1 Å². The number of fused-ring (bicyclic) bond motifs is 2. The molecule has 0 aliphatic rings. The van der Waals surface area contributed by atoms with Gasteiger partial charge in [-0.1, -0.05) is 48.2 Å². The van der Waals surface area contributed by atoms with Gasteiger partial charge in [-0.25, -0.2) is 4.98 Å². The monoisotopic (exact) mass is 419 g/mol. The first-order valence-corrected chi connectivity index (χ1v) is 10.5. The van der Waals surface area contributed by atoms with Crippen molar-refractivity contribution in [2.75, 3.05) is 12.9 Å². The number of thioether (sulfide) groups is 1. The molecule has 0 spiro atoms. The number of nitrogens with zero attached hydrogens (tertiary/aromatic N) is 2. The number of aromatic nitrogens is 2. The van der Waals surface area contributed by atoms with Gasteiger partial charge in [0.05, 0.1) is 23.8 Å². The van der Waals surface area contributed by atoms with Crippen LogP contribution in [-0.4, -0.2) is 28.3 Å². The van der Waals surface area contributed by atoms with E-state index in [0.717, 1.165) is 22.1 Å². The number of carbonyl (C=O) groups is 1. The van der Waals surface area contributed by atoms with E-state index in [9.17, 15) is 9.59 Å². The Morgan fingerprint density at radius 2 is 1.80 bits per heavy atom. The lowest BCUT2D eigenvalue weighted by molar-refractivity contribution is -0.118. The summed E-state index contributed by atoms with van der Waals surface area (Å²) in [6, 6.07) is 19.2. The van der Waals surface area contributed by atoms with Crippen LogP contribution in [0.2, 0.25) is 0 Å². The Hall–Kier alpha value is -3.32. The van der Waals surface area contributed by atoms with Gasteiger partial charge in [-0.05, 0) is 40.6 Å². The molecule has 30 heavy (non-hydrogen) atoms. The van der Waals surface area contributed by atoms with Crippen molar-refractivity contribution in [2.45, 2.75) is 11.7 Å². The second kappa shape index (κ2) is 8.59. The molecule has 3 aromatic carbocycles. The zero-order chi connectivity index (χ0) is 21.1. The molecule has 1 amide bonds. The van der Waals surface area contributed by atoms with Crippen LogP contribution in [0.15, 0.2) is 70.6 Å². The van der Waals surface area contributed by atoms with Crippen molar-refractivity contribution < 1.29 is 9.53 Å². The topological polar surface area (TPSA) is 73.2 Å². The molecule has 0 saturated carbocycles. The molecule has 0 aliphatic carbocycles. The first-order chi connectivity index (χ1) is 14.5. The minimum Gasteiger partial charge on any atom is -0.497 e. The van der Waals surface area contributed by atoms with E-state index in [2.05, 4.69) is 10.3 Å². The van der Waals surface area contributed by atoms with Gasteiger partial charge in [0.2, 0.25) is 5.91 Å². The van der Waals surface area contributed by atoms with E-state index in [1.54, 1.807) is 14.2 Å². The molecule has 0 unspecified atom stereocenters. The Labute approximate surface area is 177 Å². The summed E-state index contributed by atoms with van der Waals surface area (Å²) in [6.07, 6.45) is 0. The molecule has 0 radical (unpaired) electrons. The van der Waals surface area contributed by atoms with E-state index in [-0.39, 0.29) is 17.2 Å². The Bertz CT molecular complexity index is 1280. The molecular weight excluding hydrogens is 398 g/mol. The lowest BCUT2D eigenvalue weighted by Crippen LogP contribution is -2.25. The summed E-state index contributed by atoms with van der Waals surface area (Å²) >= 11 is 1.25. The van der Waals surface area contributed by atoms with Gasteiger partial charge in [0.1, 0.15) is 5.75 Å². The van der Waals surface area contributed by atoms with Crippen molar-refractivity contribution >= 4 is 39.3 Å². The minimum atomic E-state index is -0.122. The fourth-order valence-electron chi connectivity index (χ4n) is 3.19. The first-order valence-electron chi connectivity index (χ1n) is 9.47. The summed E-state index contributed by atoms with van der Waals surface area (Å²) < 4.78 is 6.63. The highest BCUT2D eigenvalue weighted by atomic mass is 32.2. The van der Waals surface area contributed by atoms with Crippen LogP contribution in [0.4, 0.5) is 0 Å². The van der Waals surface area contributed by atoms with Crippen LogP contribution >= 0.6 is 11.8 Å². The average Bonchev–Trinajstić information content (AvgIpc) is 2.78. The van der Waals surface area contributed by atoms with Crippen LogP contribution in [0.3, 0.4) is 0 Å². The van der Waals surface area contributed by atoms with Gasteiger partial charge in [-0.3, -0.25) is 14.2 Å². The summed E-state index contributed by atoms with van der Waals surface area (Å²) in [5, 5.41) is 6.00. The van der Waals surface area contributed by atoms with Gasteiger partial charge in [-0.2, -0.15) is 0 Å². The third-order valence-electron chi connectivity index (χ3n) is 4.88. The molecule has 0 aliphatic heterocycles. The summed E-state index contributed by atoms with van der Waals surface area (Å²) in [5.41, 5.74) is 1.50. The smallest absolute Gasteiger partial charge is 0.261 e. The molecule has 0 atom stereocenters. The highest BCUT2D eigenvalue weighted by molar-refractivity contribution is 7.99. The molecular formula is C23H21N3O3S. The Morgan fingerprint density at radius 3 is 2.50 bits per heavy atom. The number of benzene rings is 3. The molecule has 0 fully saturated rings. The van der Waals surface area contributed by atoms with Crippen molar-refractivity contribution in [2.24, 2.45) is 7.05 Å². The number of ether oxygens (including phenoxy) is 1. The largest absolute Gasteiger partial charge is 0.497 e. The summed E-state index contributed by atoms with van der Waals surface area (Å²) in [5.74, 6) is 0.829. The number of rotatable bonds is 6. The molecule has 6 nitrogen and oxygen atoms in total. The summed E-state index contributed by atoms with van der Waals surface area (Å²) in [6.45, 7) is 0.430. The zero-order valence-electron chi connectivity index (χ0n) is 16.7. The van der Waals surface area contributed by atoms with Gasteiger partial charge in [0, 0.05) is 13.6 Å². The van der Waals surface area contributed by atoms with Crippen LogP contribution in [0.1, 0.15) is 5.56 Å². The quantitative estimate of drug-likeness (QED) is 0.294. The predicted molar refractivity (Wildman–Crippen MR) is 120 cm³/mol. The number of methoxy groups -OCH3 is 1. The molecule has 1 heterocycles. The van der Waals surface area contributed by atoms with Crippen LogP contribution in [0, 0.1) is 0 Å².